The van der Waals surface area contributed by atoms with E-state index in [9.17, 15) is 9.59 Å². The Balaban J connectivity index is 1.92. The van der Waals surface area contributed by atoms with Crippen LogP contribution in [0.2, 0.25) is 0 Å². The van der Waals surface area contributed by atoms with Crippen LogP contribution < -0.4 is 5.32 Å². The fourth-order valence-corrected chi connectivity index (χ4v) is 2.97. The maximum absolute atomic E-state index is 12.2. The normalized spacial score (nSPS) is 34.2. The lowest BCUT2D eigenvalue weighted by atomic mass is 9.82. The molecule has 0 aliphatic heterocycles. The highest BCUT2D eigenvalue weighted by Crippen LogP contribution is 2.27. The highest BCUT2D eigenvalue weighted by molar-refractivity contribution is 5.85. The highest BCUT2D eigenvalue weighted by Gasteiger charge is 2.35. The molecule has 0 aromatic rings. The molecule has 106 valence electrons. The first-order valence-electron chi connectivity index (χ1n) is 6.82. The van der Waals surface area contributed by atoms with Gasteiger partial charge in [0.2, 0.25) is 5.91 Å². The molecular formula is C14H21NO4. The summed E-state index contributed by atoms with van der Waals surface area (Å²) in [5.74, 6) is -2.04. The van der Waals surface area contributed by atoms with Crippen LogP contribution in [0, 0.1) is 11.8 Å². The van der Waals surface area contributed by atoms with Crippen LogP contribution in [-0.4, -0.2) is 36.2 Å². The van der Waals surface area contributed by atoms with Gasteiger partial charge in [0.05, 0.1) is 17.9 Å². The summed E-state index contributed by atoms with van der Waals surface area (Å²) in [7, 11) is 1.68. The summed E-state index contributed by atoms with van der Waals surface area (Å²) >= 11 is 0. The highest BCUT2D eigenvalue weighted by atomic mass is 16.5. The van der Waals surface area contributed by atoms with Crippen LogP contribution in [-0.2, 0) is 14.3 Å². The predicted octanol–water partition coefficient (Wildman–Crippen LogP) is 1.34. The molecule has 0 spiro atoms. The van der Waals surface area contributed by atoms with Gasteiger partial charge in [-0.1, -0.05) is 12.2 Å². The van der Waals surface area contributed by atoms with E-state index in [4.69, 9.17) is 9.84 Å². The third kappa shape index (κ3) is 3.35. The van der Waals surface area contributed by atoms with Crippen molar-refractivity contribution < 1.29 is 19.4 Å². The van der Waals surface area contributed by atoms with Crippen molar-refractivity contribution in [2.45, 2.75) is 44.2 Å². The maximum atomic E-state index is 12.2. The van der Waals surface area contributed by atoms with E-state index in [1.165, 1.54) is 0 Å². The molecule has 0 aromatic heterocycles. The van der Waals surface area contributed by atoms with E-state index in [0.717, 1.165) is 19.3 Å². The molecule has 4 atom stereocenters. The van der Waals surface area contributed by atoms with Crippen LogP contribution in [0.3, 0.4) is 0 Å². The first-order chi connectivity index (χ1) is 9.11. The molecule has 1 saturated carbocycles. The van der Waals surface area contributed by atoms with Crippen molar-refractivity contribution in [2.24, 2.45) is 11.8 Å². The summed E-state index contributed by atoms with van der Waals surface area (Å²) in [6.07, 6.45) is 7.60. The maximum Gasteiger partial charge on any atom is 0.307 e. The van der Waals surface area contributed by atoms with Gasteiger partial charge in [0, 0.05) is 13.2 Å². The van der Waals surface area contributed by atoms with Crippen molar-refractivity contribution in [3.63, 3.8) is 0 Å². The Bertz CT molecular complexity index is 380. The Kier molecular flexibility index (Phi) is 4.58. The molecule has 2 unspecified atom stereocenters. The third-order valence-corrected chi connectivity index (χ3v) is 4.15. The van der Waals surface area contributed by atoms with Gasteiger partial charge in [-0.2, -0.15) is 0 Å². The number of carboxylic acids is 1. The van der Waals surface area contributed by atoms with E-state index < -0.39 is 17.8 Å². The summed E-state index contributed by atoms with van der Waals surface area (Å²) in [5, 5.41) is 12.1. The van der Waals surface area contributed by atoms with Gasteiger partial charge >= 0.3 is 5.97 Å². The number of carbonyl (C=O) groups excluding carboxylic acids is 1. The average Bonchev–Trinajstić information content (AvgIpc) is 2.86. The largest absolute Gasteiger partial charge is 0.481 e. The summed E-state index contributed by atoms with van der Waals surface area (Å²) < 4.78 is 5.27. The average molecular weight is 267 g/mol. The third-order valence-electron chi connectivity index (χ3n) is 4.15. The molecule has 0 aromatic carbocycles. The van der Waals surface area contributed by atoms with E-state index in [1.54, 1.807) is 7.11 Å². The topological polar surface area (TPSA) is 75.6 Å². The quantitative estimate of drug-likeness (QED) is 0.754. The molecule has 0 bridgehead atoms. The zero-order valence-corrected chi connectivity index (χ0v) is 11.2. The van der Waals surface area contributed by atoms with E-state index in [1.807, 2.05) is 12.2 Å². The van der Waals surface area contributed by atoms with Crippen LogP contribution in [0.5, 0.6) is 0 Å². The zero-order valence-electron chi connectivity index (χ0n) is 11.2. The van der Waals surface area contributed by atoms with Gasteiger partial charge in [-0.15, -0.1) is 0 Å². The SMILES string of the molecule is COC1CCC(NC(=O)[C@@H]2CC=CC[C@@H]2C(=O)O)C1. The fraction of sp³-hybridized carbons (Fsp3) is 0.714. The Morgan fingerprint density at radius 1 is 1.21 bits per heavy atom. The number of carbonyl (C=O) groups is 2. The first kappa shape index (κ1) is 14.1. The van der Waals surface area contributed by atoms with Crippen molar-refractivity contribution in [3.05, 3.63) is 12.2 Å². The fourth-order valence-electron chi connectivity index (χ4n) is 2.97. The smallest absolute Gasteiger partial charge is 0.307 e. The standard InChI is InChI=1S/C14H21NO4/c1-19-10-7-6-9(8-10)15-13(16)11-4-2-3-5-12(11)14(17)18/h2-3,9-12H,4-8H2,1H3,(H,15,16)(H,17,18)/t9?,10?,11-,12+/m1/s1. The number of carboxylic acid groups (broad SMARTS) is 1. The summed E-state index contributed by atoms with van der Waals surface area (Å²) in [6, 6.07) is 0.123. The minimum absolute atomic E-state index is 0.123. The molecule has 1 fully saturated rings. The van der Waals surface area contributed by atoms with Crippen molar-refractivity contribution in [1.82, 2.24) is 5.32 Å². The van der Waals surface area contributed by atoms with Crippen LogP contribution in [0.25, 0.3) is 0 Å². The van der Waals surface area contributed by atoms with Crippen LogP contribution in [0.15, 0.2) is 12.2 Å². The van der Waals surface area contributed by atoms with Gasteiger partial charge in [0.15, 0.2) is 0 Å². The van der Waals surface area contributed by atoms with Crippen LogP contribution in [0.4, 0.5) is 0 Å². The second kappa shape index (κ2) is 6.19. The molecule has 5 heteroatoms. The Labute approximate surface area is 113 Å². The van der Waals surface area contributed by atoms with E-state index in [-0.39, 0.29) is 18.1 Å². The first-order valence-corrected chi connectivity index (χ1v) is 6.82. The Morgan fingerprint density at radius 2 is 1.89 bits per heavy atom. The van der Waals surface area contributed by atoms with E-state index in [0.29, 0.717) is 12.8 Å². The lowest BCUT2D eigenvalue weighted by Crippen LogP contribution is -2.42. The molecular weight excluding hydrogens is 246 g/mol. The number of amides is 1. The van der Waals surface area contributed by atoms with Crippen molar-refractivity contribution in [1.29, 1.82) is 0 Å². The summed E-state index contributed by atoms with van der Waals surface area (Å²) in [6.45, 7) is 0. The van der Waals surface area contributed by atoms with Gasteiger partial charge in [-0.25, -0.2) is 0 Å². The number of nitrogens with one attached hydrogen (secondary N) is 1. The number of rotatable bonds is 4. The molecule has 0 radical (unpaired) electrons. The molecule has 2 rings (SSSR count). The lowest BCUT2D eigenvalue weighted by molar-refractivity contribution is -0.147. The van der Waals surface area contributed by atoms with Gasteiger partial charge in [-0.05, 0) is 32.1 Å². The second-order valence-electron chi connectivity index (χ2n) is 5.37. The second-order valence-corrected chi connectivity index (χ2v) is 5.37. The predicted molar refractivity (Wildman–Crippen MR) is 69.6 cm³/mol. The zero-order chi connectivity index (χ0) is 13.8. The minimum atomic E-state index is -0.884. The van der Waals surface area contributed by atoms with Crippen molar-refractivity contribution in [3.8, 4) is 0 Å². The van der Waals surface area contributed by atoms with E-state index in [2.05, 4.69) is 5.32 Å². The van der Waals surface area contributed by atoms with E-state index >= 15 is 0 Å². The molecule has 1 amide bonds. The monoisotopic (exact) mass is 267 g/mol. The molecule has 2 aliphatic carbocycles. The van der Waals surface area contributed by atoms with Gasteiger partial charge in [-0.3, -0.25) is 9.59 Å². The number of hydrogen-bond acceptors (Lipinski definition) is 3. The molecule has 2 aliphatic rings. The number of ether oxygens (including phenoxy) is 1. The van der Waals surface area contributed by atoms with Gasteiger partial charge in [0.25, 0.3) is 0 Å². The molecule has 2 N–H and O–H groups in total. The summed E-state index contributed by atoms with van der Waals surface area (Å²) in [4.78, 5) is 23.4. The number of aliphatic carboxylic acids is 1. The minimum Gasteiger partial charge on any atom is -0.481 e. The Hall–Kier alpha value is -1.36. The van der Waals surface area contributed by atoms with Crippen molar-refractivity contribution >= 4 is 11.9 Å². The van der Waals surface area contributed by atoms with Crippen LogP contribution in [0.1, 0.15) is 32.1 Å². The lowest BCUT2D eigenvalue weighted by Gasteiger charge is -2.25. The molecule has 5 nitrogen and oxygen atoms in total. The number of allylic oxidation sites excluding steroid dienone is 2. The van der Waals surface area contributed by atoms with Gasteiger partial charge < -0.3 is 15.2 Å². The van der Waals surface area contributed by atoms with Gasteiger partial charge in [0.1, 0.15) is 0 Å². The number of methoxy groups -OCH3 is 1. The summed E-state index contributed by atoms with van der Waals surface area (Å²) in [5.41, 5.74) is 0. The van der Waals surface area contributed by atoms with Crippen molar-refractivity contribution in [2.75, 3.05) is 7.11 Å². The molecule has 0 heterocycles. The molecule has 0 saturated heterocycles. The molecule has 19 heavy (non-hydrogen) atoms. The van der Waals surface area contributed by atoms with Crippen LogP contribution >= 0.6 is 0 Å². The Morgan fingerprint density at radius 3 is 2.47 bits per heavy atom. The number of hydrogen-bond donors (Lipinski definition) is 2.